The maximum absolute atomic E-state index is 13.2. The van der Waals surface area contributed by atoms with Crippen molar-refractivity contribution in [1.82, 2.24) is 5.32 Å². The maximum Gasteiger partial charge on any atom is 0.306 e. The van der Waals surface area contributed by atoms with E-state index in [-0.39, 0.29) is 24.9 Å². The van der Waals surface area contributed by atoms with Gasteiger partial charge in [0.05, 0.1) is 25.2 Å². The highest BCUT2D eigenvalue weighted by atomic mass is 16.5. The van der Waals surface area contributed by atoms with Gasteiger partial charge in [-0.05, 0) is 70.6 Å². The molecule has 1 amide bonds. The molecule has 3 atom stereocenters. The van der Waals surface area contributed by atoms with Gasteiger partial charge in [-0.1, -0.05) is 249 Å². The fourth-order valence-electron chi connectivity index (χ4n) is 8.49. The van der Waals surface area contributed by atoms with Crippen LogP contribution in [0.25, 0.3) is 0 Å². The molecular formula is C58H107NO5. The van der Waals surface area contributed by atoms with E-state index in [9.17, 15) is 19.8 Å². The fraction of sp³-hybridized carbons (Fsp3) is 0.828. The van der Waals surface area contributed by atoms with Crippen molar-refractivity contribution in [3.05, 3.63) is 48.6 Å². The zero-order valence-electron chi connectivity index (χ0n) is 42.7. The number of hydrogen-bond donors (Lipinski definition) is 3. The van der Waals surface area contributed by atoms with Gasteiger partial charge in [0.25, 0.3) is 0 Å². The number of carbonyl (C=O) groups excluding carboxylic acids is 2. The Morgan fingerprint density at radius 3 is 1.33 bits per heavy atom. The van der Waals surface area contributed by atoms with E-state index in [1.54, 1.807) is 0 Å². The number of amides is 1. The lowest BCUT2D eigenvalue weighted by molar-refractivity contribution is -0.151. The van der Waals surface area contributed by atoms with Crippen molar-refractivity contribution in [1.29, 1.82) is 0 Å². The molecule has 0 aliphatic heterocycles. The minimum absolute atomic E-state index is 0.0633. The molecule has 64 heavy (non-hydrogen) atoms. The van der Waals surface area contributed by atoms with Gasteiger partial charge in [-0.25, -0.2) is 0 Å². The average molecular weight is 898 g/mol. The Morgan fingerprint density at radius 1 is 0.469 bits per heavy atom. The maximum atomic E-state index is 13.2. The normalized spacial score (nSPS) is 13.5. The van der Waals surface area contributed by atoms with Crippen LogP contribution in [-0.4, -0.2) is 46.9 Å². The first kappa shape index (κ1) is 61.8. The van der Waals surface area contributed by atoms with E-state index in [1.807, 2.05) is 0 Å². The number of nitrogens with one attached hydrogen (secondary N) is 1. The van der Waals surface area contributed by atoms with Crippen molar-refractivity contribution in [2.45, 2.75) is 302 Å². The van der Waals surface area contributed by atoms with Crippen LogP contribution in [0.5, 0.6) is 0 Å². The van der Waals surface area contributed by atoms with Crippen molar-refractivity contribution >= 4 is 11.9 Å². The molecule has 0 aromatic heterocycles. The summed E-state index contributed by atoms with van der Waals surface area (Å²) in [6.45, 7) is 6.37. The van der Waals surface area contributed by atoms with E-state index >= 15 is 0 Å². The van der Waals surface area contributed by atoms with Gasteiger partial charge in [-0.3, -0.25) is 9.59 Å². The Bertz CT molecular complexity index is 1100. The molecular weight excluding hydrogens is 791 g/mol. The number of rotatable bonds is 50. The van der Waals surface area contributed by atoms with Gasteiger partial charge >= 0.3 is 5.97 Å². The molecule has 0 bridgehead atoms. The van der Waals surface area contributed by atoms with E-state index in [0.29, 0.717) is 19.3 Å². The number of esters is 1. The fourth-order valence-corrected chi connectivity index (χ4v) is 8.49. The van der Waals surface area contributed by atoms with Gasteiger partial charge in [0, 0.05) is 6.42 Å². The molecule has 374 valence electrons. The molecule has 0 saturated heterocycles. The Labute approximate surface area is 397 Å². The molecule has 0 fully saturated rings. The molecule has 0 aliphatic carbocycles. The van der Waals surface area contributed by atoms with E-state index < -0.39 is 18.2 Å². The number of unbranched alkanes of at least 4 members (excludes halogenated alkanes) is 32. The largest absolute Gasteiger partial charge is 0.462 e. The summed E-state index contributed by atoms with van der Waals surface area (Å²) in [6.07, 6.45) is 63.1. The first-order valence-electron chi connectivity index (χ1n) is 27.9. The molecule has 0 aromatic rings. The van der Waals surface area contributed by atoms with Gasteiger partial charge in [0.15, 0.2) is 0 Å². The third-order valence-corrected chi connectivity index (χ3v) is 12.7. The summed E-state index contributed by atoms with van der Waals surface area (Å²) in [5.41, 5.74) is 0. The second-order valence-corrected chi connectivity index (χ2v) is 19.0. The molecule has 3 N–H and O–H groups in total. The van der Waals surface area contributed by atoms with E-state index in [1.165, 1.54) is 161 Å². The molecule has 0 saturated carbocycles. The van der Waals surface area contributed by atoms with Crippen LogP contribution in [0.1, 0.15) is 284 Å². The van der Waals surface area contributed by atoms with Crippen molar-refractivity contribution < 1.29 is 24.5 Å². The molecule has 6 nitrogen and oxygen atoms in total. The summed E-state index contributed by atoms with van der Waals surface area (Å²) in [6, 6.07) is -0.709. The van der Waals surface area contributed by atoms with Crippen LogP contribution in [0.4, 0.5) is 0 Å². The summed E-state index contributed by atoms with van der Waals surface area (Å²) < 4.78 is 5.94. The predicted molar refractivity (Wildman–Crippen MR) is 278 cm³/mol. The average Bonchev–Trinajstić information content (AvgIpc) is 3.29. The highest BCUT2D eigenvalue weighted by Crippen LogP contribution is 2.18. The molecule has 6 heteroatoms. The monoisotopic (exact) mass is 898 g/mol. The summed E-state index contributed by atoms with van der Waals surface area (Å²) >= 11 is 0. The number of ether oxygens (including phenoxy) is 1. The first-order valence-corrected chi connectivity index (χ1v) is 27.9. The smallest absolute Gasteiger partial charge is 0.306 e. The van der Waals surface area contributed by atoms with Crippen molar-refractivity contribution in [2.75, 3.05) is 6.61 Å². The van der Waals surface area contributed by atoms with Crippen LogP contribution >= 0.6 is 0 Å². The van der Waals surface area contributed by atoms with Crippen molar-refractivity contribution in [3.8, 4) is 0 Å². The summed E-state index contributed by atoms with van der Waals surface area (Å²) in [4.78, 5) is 26.2. The zero-order chi connectivity index (χ0) is 46.7. The number of carbonyl (C=O) groups is 2. The van der Waals surface area contributed by atoms with E-state index in [4.69, 9.17) is 4.74 Å². The van der Waals surface area contributed by atoms with Gasteiger partial charge in [-0.2, -0.15) is 0 Å². The minimum atomic E-state index is -0.794. The molecule has 0 heterocycles. The van der Waals surface area contributed by atoms with Gasteiger partial charge in [0.1, 0.15) is 6.10 Å². The lowest BCUT2D eigenvalue weighted by atomic mass is 10.0. The first-order chi connectivity index (χ1) is 31.5. The second-order valence-electron chi connectivity index (χ2n) is 19.0. The van der Waals surface area contributed by atoms with Gasteiger partial charge < -0.3 is 20.3 Å². The number of aliphatic hydroxyl groups is 2. The van der Waals surface area contributed by atoms with Crippen LogP contribution in [0, 0.1) is 0 Å². The molecule has 0 radical (unpaired) electrons. The molecule has 3 unspecified atom stereocenters. The van der Waals surface area contributed by atoms with Gasteiger partial charge in [-0.15, -0.1) is 0 Å². The lowest BCUT2D eigenvalue weighted by Crippen LogP contribution is -2.46. The SMILES string of the molecule is CC/C=C/C=C/C=C/CCCCCCCCCC(=O)OC(CCCCC/C=C/CCCCCCCCCCC)CC(=O)NC(CO)C(O)CCCCCCCCCCCCCCCC. The summed E-state index contributed by atoms with van der Waals surface area (Å²) in [5.74, 6) is -0.493. The van der Waals surface area contributed by atoms with Crippen LogP contribution in [0.2, 0.25) is 0 Å². The molecule has 0 aromatic carbocycles. The summed E-state index contributed by atoms with van der Waals surface area (Å²) in [7, 11) is 0. The van der Waals surface area contributed by atoms with E-state index in [0.717, 1.165) is 77.0 Å². The Morgan fingerprint density at radius 2 is 0.859 bits per heavy atom. The second kappa shape index (κ2) is 51.8. The lowest BCUT2D eigenvalue weighted by Gasteiger charge is -2.24. The number of hydrogen-bond acceptors (Lipinski definition) is 5. The standard InChI is InChI=1S/C58H107NO5/c1-4-7-10-13-16-19-22-25-28-30-31-34-37-40-43-46-49-54(64-58(63)51-48-45-42-39-36-33-29-26-23-20-17-14-11-8-5-2)52-57(62)59-55(53-60)56(61)50-47-44-41-38-35-32-27-24-21-18-15-12-9-6-3/h8,11,14,17,20,23,31,34,54-56,60-61H,4-7,9-10,12-13,15-16,18-19,21-22,24-30,32-33,35-53H2,1-3H3,(H,59,62)/b11-8+,17-14+,23-20+,34-31+. The Hall–Kier alpha value is -2.18. The molecule has 0 spiro atoms. The predicted octanol–water partition coefficient (Wildman–Crippen LogP) is 17.0. The highest BCUT2D eigenvalue weighted by Gasteiger charge is 2.24. The highest BCUT2D eigenvalue weighted by molar-refractivity contribution is 5.77. The number of allylic oxidation sites excluding steroid dienone is 8. The Balaban J connectivity index is 4.59. The van der Waals surface area contributed by atoms with Crippen molar-refractivity contribution in [2.24, 2.45) is 0 Å². The third-order valence-electron chi connectivity index (χ3n) is 12.7. The van der Waals surface area contributed by atoms with Crippen LogP contribution in [0.3, 0.4) is 0 Å². The zero-order valence-corrected chi connectivity index (χ0v) is 42.7. The van der Waals surface area contributed by atoms with Crippen LogP contribution in [-0.2, 0) is 14.3 Å². The van der Waals surface area contributed by atoms with Crippen LogP contribution in [0.15, 0.2) is 48.6 Å². The number of aliphatic hydroxyl groups excluding tert-OH is 2. The van der Waals surface area contributed by atoms with Crippen LogP contribution < -0.4 is 5.32 Å². The third kappa shape index (κ3) is 46.4. The molecule has 0 rings (SSSR count). The summed E-state index contributed by atoms with van der Waals surface area (Å²) in [5, 5.41) is 23.8. The molecule has 0 aliphatic rings. The Kier molecular flexibility index (Phi) is 50.0. The van der Waals surface area contributed by atoms with E-state index in [2.05, 4.69) is 74.7 Å². The quantitative estimate of drug-likeness (QED) is 0.0245. The minimum Gasteiger partial charge on any atom is -0.462 e. The topological polar surface area (TPSA) is 95.9 Å². The van der Waals surface area contributed by atoms with Gasteiger partial charge in [0.2, 0.25) is 5.91 Å². The van der Waals surface area contributed by atoms with Crippen molar-refractivity contribution in [3.63, 3.8) is 0 Å².